The Labute approximate surface area is 148 Å². The van der Waals surface area contributed by atoms with Crippen LogP contribution in [0.1, 0.15) is 16.7 Å². The summed E-state index contributed by atoms with van der Waals surface area (Å²) in [6.07, 6.45) is 0.976. The summed E-state index contributed by atoms with van der Waals surface area (Å²) in [4.78, 5) is 0. The molecule has 3 heteroatoms. The molecule has 0 aliphatic carbocycles. The lowest BCUT2D eigenvalue weighted by atomic mass is 10.1. The number of nitriles is 1. The lowest BCUT2D eigenvalue weighted by Crippen LogP contribution is -2.16. The van der Waals surface area contributed by atoms with E-state index in [4.69, 9.17) is 10.00 Å². The molecule has 0 saturated heterocycles. The number of nitrogens with one attached hydrogen (secondary N) is 1. The van der Waals surface area contributed by atoms with Gasteiger partial charge in [0.2, 0.25) is 0 Å². The van der Waals surface area contributed by atoms with Crippen LogP contribution in [0.3, 0.4) is 0 Å². The molecule has 0 fully saturated rings. The predicted octanol–water partition coefficient (Wildman–Crippen LogP) is 4.68. The highest BCUT2D eigenvalue weighted by atomic mass is 16.5. The van der Waals surface area contributed by atoms with Crippen molar-refractivity contribution in [3.63, 3.8) is 0 Å². The average molecular weight is 328 g/mol. The Balaban J connectivity index is 1.46. The van der Waals surface area contributed by atoms with E-state index in [1.807, 2.05) is 18.2 Å². The third kappa shape index (κ3) is 5.20. The second-order valence-electron chi connectivity index (χ2n) is 5.79. The van der Waals surface area contributed by atoms with E-state index < -0.39 is 0 Å². The maximum absolute atomic E-state index is 8.81. The van der Waals surface area contributed by atoms with Crippen molar-refractivity contribution in [3.8, 4) is 17.6 Å². The van der Waals surface area contributed by atoms with Gasteiger partial charge < -0.3 is 10.1 Å². The van der Waals surface area contributed by atoms with Crippen molar-refractivity contribution >= 4 is 0 Å². The summed E-state index contributed by atoms with van der Waals surface area (Å²) < 4.78 is 5.79. The number of nitrogens with zero attached hydrogens (tertiary/aromatic N) is 1. The van der Waals surface area contributed by atoms with Crippen LogP contribution in [0.2, 0.25) is 0 Å². The Morgan fingerprint density at radius 2 is 1.40 bits per heavy atom. The summed E-state index contributed by atoms with van der Waals surface area (Å²) >= 11 is 0. The van der Waals surface area contributed by atoms with Crippen LogP contribution in [0.5, 0.6) is 11.5 Å². The maximum Gasteiger partial charge on any atom is 0.127 e. The van der Waals surface area contributed by atoms with Crippen molar-refractivity contribution in [2.75, 3.05) is 6.54 Å². The van der Waals surface area contributed by atoms with Crippen LogP contribution < -0.4 is 10.1 Å². The lowest BCUT2D eigenvalue weighted by molar-refractivity contribution is 0.482. The third-order valence-corrected chi connectivity index (χ3v) is 3.90. The van der Waals surface area contributed by atoms with Gasteiger partial charge in [0.25, 0.3) is 0 Å². The van der Waals surface area contributed by atoms with Gasteiger partial charge in [0.05, 0.1) is 11.6 Å². The molecule has 124 valence electrons. The number of ether oxygens (including phenoxy) is 1. The number of hydrogen-bond acceptors (Lipinski definition) is 3. The van der Waals surface area contributed by atoms with Crippen LogP contribution in [0, 0.1) is 11.3 Å². The van der Waals surface area contributed by atoms with Crippen LogP contribution in [0.15, 0.2) is 78.9 Å². The summed E-state index contributed by atoms with van der Waals surface area (Å²) in [5, 5.41) is 12.3. The van der Waals surface area contributed by atoms with Gasteiger partial charge in [0.1, 0.15) is 11.5 Å². The molecule has 0 saturated carbocycles. The Bertz CT molecular complexity index is 819. The molecular formula is C22H20N2O. The molecule has 0 aromatic heterocycles. The fourth-order valence-corrected chi connectivity index (χ4v) is 2.52. The quantitative estimate of drug-likeness (QED) is 0.640. The number of hydrogen-bond donors (Lipinski definition) is 1. The van der Waals surface area contributed by atoms with Crippen LogP contribution in [0.25, 0.3) is 0 Å². The Morgan fingerprint density at radius 1 is 0.760 bits per heavy atom. The molecule has 0 heterocycles. The maximum atomic E-state index is 8.81. The van der Waals surface area contributed by atoms with Crippen LogP contribution >= 0.6 is 0 Å². The molecule has 0 spiro atoms. The van der Waals surface area contributed by atoms with Crippen molar-refractivity contribution in [2.45, 2.75) is 13.0 Å². The first-order valence-electron chi connectivity index (χ1n) is 8.35. The molecule has 3 aromatic rings. The van der Waals surface area contributed by atoms with E-state index in [1.54, 1.807) is 24.3 Å². The highest BCUT2D eigenvalue weighted by Gasteiger charge is 1.99. The zero-order chi connectivity index (χ0) is 17.3. The smallest absolute Gasteiger partial charge is 0.127 e. The zero-order valence-electron chi connectivity index (χ0n) is 14.0. The van der Waals surface area contributed by atoms with Crippen molar-refractivity contribution in [2.24, 2.45) is 0 Å². The first-order valence-corrected chi connectivity index (χ1v) is 8.35. The molecule has 0 radical (unpaired) electrons. The first-order chi connectivity index (χ1) is 12.3. The van der Waals surface area contributed by atoms with Crippen molar-refractivity contribution < 1.29 is 4.74 Å². The summed E-state index contributed by atoms with van der Waals surface area (Å²) in [6, 6.07) is 27.7. The zero-order valence-corrected chi connectivity index (χ0v) is 14.0. The largest absolute Gasteiger partial charge is 0.457 e. The van der Waals surface area contributed by atoms with Gasteiger partial charge in [-0.2, -0.15) is 5.26 Å². The Hall–Kier alpha value is -3.09. The van der Waals surface area contributed by atoms with E-state index in [1.165, 1.54) is 11.1 Å². The average Bonchev–Trinajstić information content (AvgIpc) is 2.68. The molecule has 0 amide bonds. The molecule has 0 atom stereocenters. The molecule has 0 unspecified atom stereocenters. The molecule has 25 heavy (non-hydrogen) atoms. The van der Waals surface area contributed by atoms with Crippen LogP contribution in [-0.2, 0) is 13.0 Å². The predicted molar refractivity (Wildman–Crippen MR) is 99.5 cm³/mol. The molecule has 0 bridgehead atoms. The van der Waals surface area contributed by atoms with E-state index in [0.717, 1.165) is 31.0 Å². The van der Waals surface area contributed by atoms with E-state index in [-0.39, 0.29) is 0 Å². The number of rotatable bonds is 7. The van der Waals surface area contributed by atoms with Gasteiger partial charge in [-0.25, -0.2) is 0 Å². The summed E-state index contributed by atoms with van der Waals surface area (Å²) in [6.45, 7) is 1.82. The van der Waals surface area contributed by atoms with Crippen molar-refractivity contribution in [3.05, 3.63) is 95.6 Å². The Morgan fingerprint density at radius 3 is 2.04 bits per heavy atom. The first kappa shape index (κ1) is 16.8. The minimum absolute atomic E-state index is 0.630. The second kappa shape index (κ2) is 8.68. The van der Waals surface area contributed by atoms with E-state index in [9.17, 15) is 0 Å². The molecule has 0 aliphatic rings. The van der Waals surface area contributed by atoms with Crippen LogP contribution in [0.4, 0.5) is 0 Å². The van der Waals surface area contributed by atoms with Crippen molar-refractivity contribution in [1.29, 1.82) is 5.26 Å². The fourth-order valence-electron chi connectivity index (χ4n) is 2.52. The minimum atomic E-state index is 0.630. The molecule has 0 aliphatic heterocycles. The minimum Gasteiger partial charge on any atom is -0.457 e. The number of benzene rings is 3. The SMILES string of the molecule is N#Cc1ccc(Oc2ccc(CCNCc3ccccc3)cc2)cc1. The van der Waals surface area contributed by atoms with Crippen molar-refractivity contribution in [1.82, 2.24) is 5.32 Å². The van der Waals surface area contributed by atoms with Gasteiger partial charge in [0, 0.05) is 6.54 Å². The van der Waals surface area contributed by atoms with E-state index in [2.05, 4.69) is 47.8 Å². The molecule has 1 N–H and O–H groups in total. The van der Waals surface area contributed by atoms with Crippen LogP contribution in [-0.4, -0.2) is 6.54 Å². The van der Waals surface area contributed by atoms with Gasteiger partial charge >= 0.3 is 0 Å². The monoisotopic (exact) mass is 328 g/mol. The summed E-state index contributed by atoms with van der Waals surface area (Å²) in [5.74, 6) is 1.53. The molecule has 3 nitrogen and oxygen atoms in total. The molecule has 3 aromatic carbocycles. The fraction of sp³-hybridized carbons (Fsp3) is 0.136. The highest BCUT2D eigenvalue weighted by molar-refractivity contribution is 5.38. The van der Waals surface area contributed by atoms with Gasteiger partial charge in [-0.1, -0.05) is 42.5 Å². The second-order valence-corrected chi connectivity index (χ2v) is 5.79. The summed E-state index contributed by atoms with van der Waals surface area (Å²) in [5.41, 5.74) is 3.20. The standard InChI is InChI=1S/C22H20N2O/c23-16-19-8-12-22(13-9-19)25-21-10-6-18(7-11-21)14-15-24-17-20-4-2-1-3-5-20/h1-13,24H,14-15,17H2. The normalized spacial score (nSPS) is 10.2. The molecular weight excluding hydrogens is 308 g/mol. The summed E-state index contributed by atoms with van der Waals surface area (Å²) in [7, 11) is 0. The topological polar surface area (TPSA) is 45.0 Å². The van der Waals surface area contributed by atoms with E-state index in [0.29, 0.717) is 5.56 Å². The third-order valence-electron chi connectivity index (χ3n) is 3.90. The van der Waals surface area contributed by atoms with Gasteiger partial charge in [-0.05, 0) is 60.5 Å². The van der Waals surface area contributed by atoms with Gasteiger partial charge in [-0.3, -0.25) is 0 Å². The lowest BCUT2D eigenvalue weighted by Gasteiger charge is -2.08. The van der Waals surface area contributed by atoms with Gasteiger partial charge in [-0.15, -0.1) is 0 Å². The van der Waals surface area contributed by atoms with E-state index >= 15 is 0 Å². The highest BCUT2D eigenvalue weighted by Crippen LogP contribution is 2.22. The molecule has 3 rings (SSSR count). The Kier molecular flexibility index (Phi) is 5.82. The van der Waals surface area contributed by atoms with Gasteiger partial charge in [0.15, 0.2) is 0 Å².